The second-order valence-electron chi connectivity index (χ2n) is 14.5. The standard InChI is InChI=1S/C35H50N2O4/c1-22(2)30-18-28(19-33(5,6)36-30)40-31(38)26-14-10-24(11-15-26)25-12-16-27(17-13-25)32(39)41-29-20-34(7,8)37-35(9,21-29)23(3)4/h10-17,22-23,28-30,36-37H,18-21H2,1-9H3. The van der Waals surface area contributed by atoms with E-state index in [-0.39, 0.29) is 40.8 Å². The average molecular weight is 563 g/mol. The molecule has 0 bridgehead atoms. The number of esters is 2. The lowest BCUT2D eigenvalue weighted by Crippen LogP contribution is -2.63. The average Bonchev–Trinajstić information content (AvgIpc) is 2.86. The lowest BCUT2D eigenvalue weighted by molar-refractivity contribution is -0.0185. The van der Waals surface area contributed by atoms with E-state index >= 15 is 0 Å². The van der Waals surface area contributed by atoms with E-state index in [9.17, 15) is 9.59 Å². The fourth-order valence-corrected chi connectivity index (χ4v) is 6.57. The van der Waals surface area contributed by atoms with Crippen molar-refractivity contribution in [2.45, 2.75) is 123 Å². The molecule has 0 amide bonds. The predicted molar refractivity (Wildman–Crippen MR) is 165 cm³/mol. The quantitative estimate of drug-likeness (QED) is 0.349. The summed E-state index contributed by atoms with van der Waals surface area (Å²) >= 11 is 0. The predicted octanol–water partition coefficient (Wildman–Crippen LogP) is 7.17. The zero-order valence-corrected chi connectivity index (χ0v) is 26.5. The highest BCUT2D eigenvalue weighted by atomic mass is 16.5. The third kappa shape index (κ3) is 7.78. The second kappa shape index (κ2) is 11.9. The SMILES string of the molecule is CC(C)C1CC(OC(=O)c2ccc(-c3ccc(C(=O)OC4CC(C)(C)NC(C)(C(C)C)C4)cc3)cc2)CC(C)(C)N1. The van der Waals surface area contributed by atoms with Gasteiger partial charge in [-0.05, 0) is 81.8 Å². The normalized spacial score (nSPS) is 27.4. The van der Waals surface area contributed by atoms with Crippen LogP contribution >= 0.6 is 0 Å². The van der Waals surface area contributed by atoms with Crippen molar-refractivity contribution in [2.24, 2.45) is 11.8 Å². The molecule has 224 valence electrons. The molecule has 0 radical (unpaired) electrons. The molecule has 6 heteroatoms. The van der Waals surface area contributed by atoms with Crippen molar-refractivity contribution in [1.82, 2.24) is 10.6 Å². The number of nitrogens with one attached hydrogen (secondary N) is 2. The highest BCUT2D eigenvalue weighted by Crippen LogP contribution is 2.35. The van der Waals surface area contributed by atoms with Crippen molar-refractivity contribution in [3.05, 3.63) is 59.7 Å². The molecule has 0 aromatic heterocycles. The van der Waals surface area contributed by atoms with Gasteiger partial charge in [-0.25, -0.2) is 9.59 Å². The number of rotatable bonds is 7. The molecule has 2 aromatic rings. The summed E-state index contributed by atoms with van der Waals surface area (Å²) in [5, 5.41) is 7.43. The minimum absolute atomic E-state index is 0.0700. The first kappa shape index (κ1) is 31.2. The Balaban J connectivity index is 1.37. The lowest BCUT2D eigenvalue weighted by Gasteiger charge is -2.49. The summed E-state index contributed by atoms with van der Waals surface area (Å²) in [6.07, 6.45) is 2.95. The van der Waals surface area contributed by atoms with Gasteiger partial charge >= 0.3 is 11.9 Å². The second-order valence-corrected chi connectivity index (χ2v) is 14.5. The largest absolute Gasteiger partial charge is 0.459 e. The van der Waals surface area contributed by atoms with Crippen LogP contribution in [0.15, 0.2) is 48.5 Å². The van der Waals surface area contributed by atoms with E-state index in [1.165, 1.54) is 0 Å². The maximum absolute atomic E-state index is 13.0. The number of benzene rings is 2. The number of carbonyl (C=O) groups is 2. The van der Waals surface area contributed by atoms with Crippen LogP contribution in [-0.4, -0.2) is 46.8 Å². The van der Waals surface area contributed by atoms with Crippen LogP contribution in [-0.2, 0) is 9.47 Å². The highest BCUT2D eigenvalue weighted by Gasteiger charge is 2.43. The summed E-state index contributed by atoms with van der Waals surface area (Å²) in [5.74, 6) is 0.323. The molecule has 41 heavy (non-hydrogen) atoms. The van der Waals surface area contributed by atoms with Gasteiger partial charge in [-0.2, -0.15) is 0 Å². The number of piperidine rings is 2. The maximum Gasteiger partial charge on any atom is 0.338 e. The van der Waals surface area contributed by atoms with Gasteiger partial charge in [0.15, 0.2) is 0 Å². The van der Waals surface area contributed by atoms with Crippen molar-refractivity contribution in [1.29, 1.82) is 0 Å². The summed E-state index contributed by atoms with van der Waals surface area (Å²) in [5.41, 5.74) is 2.76. The van der Waals surface area contributed by atoms with Gasteiger partial charge in [0.2, 0.25) is 0 Å². The van der Waals surface area contributed by atoms with Crippen LogP contribution in [0.2, 0.25) is 0 Å². The van der Waals surface area contributed by atoms with Crippen LogP contribution in [0, 0.1) is 11.8 Å². The third-order valence-corrected chi connectivity index (χ3v) is 9.05. The molecule has 4 rings (SSSR count). The van der Waals surface area contributed by atoms with Gasteiger partial charge in [-0.1, -0.05) is 52.0 Å². The fourth-order valence-electron chi connectivity index (χ4n) is 6.57. The smallest absolute Gasteiger partial charge is 0.338 e. The van der Waals surface area contributed by atoms with Gasteiger partial charge in [0.05, 0.1) is 11.1 Å². The summed E-state index contributed by atoms with van der Waals surface area (Å²) in [4.78, 5) is 26.0. The van der Waals surface area contributed by atoms with Gasteiger partial charge in [0.25, 0.3) is 0 Å². The van der Waals surface area contributed by atoms with Gasteiger partial charge in [0.1, 0.15) is 12.2 Å². The molecule has 2 aliphatic rings. The van der Waals surface area contributed by atoms with Crippen LogP contribution in [0.4, 0.5) is 0 Å². The van der Waals surface area contributed by atoms with Crippen LogP contribution in [0.25, 0.3) is 11.1 Å². The summed E-state index contributed by atoms with van der Waals surface area (Å²) in [6, 6.07) is 15.3. The number of carbonyl (C=O) groups excluding carboxylic acids is 2. The maximum atomic E-state index is 13.0. The van der Waals surface area contributed by atoms with Crippen LogP contribution in [0.5, 0.6) is 0 Å². The Kier molecular flexibility index (Phi) is 9.06. The van der Waals surface area contributed by atoms with Crippen molar-refractivity contribution >= 4 is 11.9 Å². The molecule has 2 fully saturated rings. The Morgan fingerprint density at radius 1 is 0.707 bits per heavy atom. The topological polar surface area (TPSA) is 76.7 Å². The number of hydrogen-bond acceptors (Lipinski definition) is 6. The summed E-state index contributed by atoms with van der Waals surface area (Å²) in [6.45, 7) is 19.7. The summed E-state index contributed by atoms with van der Waals surface area (Å²) in [7, 11) is 0. The van der Waals surface area contributed by atoms with Crippen LogP contribution in [0.1, 0.15) is 109 Å². The van der Waals surface area contributed by atoms with Crippen molar-refractivity contribution in [2.75, 3.05) is 0 Å². The van der Waals surface area contributed by atoms with Crippen LogP contribution < -0.4 is 10.6 Å². The van der Waals surface area contributed by atoms with E-state index in [0.717, 1.165) is 36.8 Å². The molecule has 0 saturated carbocycles. The Bertz CT molecular complexity index is 1220. The first-order valence-corrected chi connectivity index (χ1v) is 15.3. The van der Waals surface area contributed by atoms with E-state index in [0.29, 0.717) is 29.0 Å². The molecule has 2 heterocycles. The first-order chi connectivity index (χ1) is 19.1. The Morgan fingerprint density at radius 2 is 1.17 bits per heavy atom. The molecule has 2 aromatic carbocycles. The summed E-state index contributed by atoms with van der Waals surface area (Å²) < 4.78 is 12.0. The highest BCUT2D eigenvalue weighted by molar-refractivity contribution is 5.91. The monoisotopic (exact) mass is 562 g/mol. The molecule has 0 aliphatic carbocycles. The minimum atomic E-state index is -0.288. The molecule has 2 N–H and O–H groups in total. The minimum Gasteiger partial charge on any atom is -0.459 e. The van der Waals surface area contributed by atoms with Crippen molar-refractivity contribution < 1.29 is 19.1 Å². The molecule has 0 spiro atoms. The molecule has 6 nitrogen and oxygen atoms in total. The Labute approximate surface area is 247 Å². The van der Waals surface area contributed by atoms with Gasteiger partial charge < -0.3 is 20.1 Å². The third-order valence-electron chi connectivity index (χ3n) is 9.05. The Hall–Kier alpha value is -2.70. The van der Waals surface area contributed by atoms with E-state index in [1.807, 2.05) is 48.5 Å². The zero-order chi connectivity index (χ0) is 30.2. The van der Waals surface area contributed by atoms with E-state index < -0.39 is 0 Å². The molecule has 4 unspecified atom stereocenters. The number of hydrogen-bond donors (Lipinski definition) is 2. The Morgan fingerprint density at radius 3 is 1.63 bits per heavy atom. The molecular weight excluding hydrogens is 512 g/mol. The van der Waals surface area contributed by atoms with Gasteiger partial charge in [-0.15, -0.1) is 0 Å². The fraction of sp³-hybridized carbons (Fsp3) is 0.600. The van der Waals surface area contributed by atoms with E-state index in [2.05, 4.69) is 72.9 Å². The van der Waals surface area contributed by atoms with Gasteiger partial charge in [0, 0.05) is 48.3 Å². The lowest BCUT2D eigenvalue weighted by atomic mass is 9.74. The number of ether oxygens (including phenoxy) is 2. The van der Waals surface area contributed by atoms with E-state index in [1.54, 1.807) is 0 Å². The van der Waals surface area contributed by atoms with Gasteiger partial charge in [-0.3, -0.25) is 0 Å². The first-order valence-electron chi connectivity index (χ1n) is 15.3. The van der Waals surface area contributed by atoms with Crippen molar-refractivity contribution in [3.63, 3.8) is 0 Å². The van der Waals surface area contributed by atoms with Crippen molar-refractivity contribution in [3.8, 4) is 11.1 Å². The van der Waals surface area contributed by atoms with Crippen LogP contribution in [0.3, 0.4) is 0 Å². The molecule has 4 atom stereocenters. The molecular formula is C35H50N2O4. The molecule has 2 saturated heterocycles. The van der Waals surface area contributed by atoms with E-state index in [4.69, 9.17) is 9.47 Å². The molecule has 2 aliphatic heterocycles. The zero-order valence-electron chi connectivity index (χ0n) is 26.5.